The Kier molecular flexibility index (Phi) is 4.92. The van der Waals surface area contributed by atoms with E-state index >= 15 is 0 Å². The van der Waals surface area contributed by atoms with Gasteiger partial charge in [-0.2, -0.15) is 23.4 Å². The van der Waals surface area contributed by atoms with Gasteiger partial charge in [0, 0.05) is 36.0 Å². The Morgan fingerprint density at radius 1 is 1.26 bits per heavy atom. The lowest BCUT2D eigenvalue weighted by Gasteiger charge is -2.06. The highest BCUT2D eigenvalue weighted by Gasteiger charge is 2.35. The number of nitrogens with one attached hydrogen (secondary N) is 1. The fourth-order valence-electron chi connectivity index (χ4n) is 2.39. The first kappa shape index (κ1) is 18.9. The van der Waals surface area contributed by atoms with Gasteiger partial charge in [0.1, 0.15) is 11.5 Å². The highest BCUT2D eigenvalue weighted by molar-refractivity contribution is 6.31. The first-order chi connectivity index (χ1) is 12.6. The first-order valence-corrected chi connectivity index (χ1v) is 7.92. The van der Waals surface area contributed by atoms with Crippen molar-refractivity contribution in [3.8, 4) is 0 Å². The molecule has 0 bridgehead atoms. The molecule has 3 rings (SSSR count). The molecule has 1 amide bonds. The number of alkyl halides is 3. The highest BCUT2D eigenvalue weighted by Crippen LogP contribution is 2.29. The number of nitrogens with zero attached hydrogens (tertiary/aromatic N) is 4. The molecule has 0 saturated carbocycles. The smallest absolute Gasteiger partial charge is 0.304 e. The third-order valence-electron chi connectivity index (χ3n) is 3.67. The van der Waals surface area contributed by atoms with Gasteiger partial charge < -0.3 is 5.32 Å². The van der Waals surface area contributed by atoms with Gasteiger partial charge in [0.05, 0.1) is 6.54 Å². The molecule has 1 N–H and O–H groups in total. The van der Waals surface area contributed by atoms with Gasteiger partial charge in [-0.3, -0.25) is 14.2 Å². The summed E-state index contributed by atoms with van der Waals surface area (Å²) in [6.07, 6.45) is -3.15. The van der Waals surface area contributed by atoms with Crippen molar-refractivity contribution in [2.75, 3.05) is 5.32 Å². The number of halogens is 5. The minimum absolute atomic E-state index is 0.0170. The summed E-state index contributed by atoms with van der Waals surface area (Å²) in [6.45, 7) is 0.0170. The van der Waals surface area contributed by atoms with Crippen LogP contribution in [-0.4, -0.2) is 25.5 Å². The molecule has 0 radical (unpaired) electrons. The lowest BCUT2D eigenvalue weighted by atomic mass is 10.2. The molecule has 27 heavy (non-hydrogen) atoms. The number of benzene rings is 1. The van der Waals surface area contributed by atoms with E-state index in [4.69, 9.17) is 11.6 Å². The minimum Gasteiger partial charge on any atom is -0.304 e. The van der Waals surface area contributed by atoms with Gasteiger partial charge in [-0.15, -0.1) is 0 Å². The Balaban J connectivity index is 1.73. The molecule has 2 aromatic heterocycles. The summed E-state index contributed by atoms with van der Waals surface area (Å²) in [4.78, 5) is 12.1. The van der Waals surface area contributed by atoms with Crippen molar-refractivity contribution in [3.63, 3.8) is 0 Å². The van der Waals surface area contributed by atoms with Crippen LogP contribution < -0.4 is 5.32 Å². The van der Waals surface area contributed by atoms with Crippen molar-refractivity contribution in [3.05, 3.63) is 64.3 Å². The predicted octanol–water partition coefficient (Wildman–Crippen LogP) is 3.73. The van der Waals surface area contributed by atoms with Crippen LogP contribution in [0.3, 0.4) is 0 Å². The molecule has 0 saturated heterocycles. The predicted molar refractivity (Wildman–Crippen MR) is 88.9 cm³/mol. The SMILES string of the molecule is Cn1nc(C(=O)Nc2ccn(Cc3c(F)cccc3Cl)n2)cc1C(F)(F)F. The van der Waals surface area contributed by atoms with Crippen molar-refractivity contribution in [2.45, 2.75) is 12.7 Å². The number of aryl methyl sites for hydroxylation is 1. The average Bonchev–Trinajstić information content (AvgIpc) is 3.17. The van der Waals surface area contributed by atoms with Crippen LogP contribution in [0.1, 0.15) is 21.7 Å². The second-order valence-corrected chi connectivity index (χ2v) is 6.00. The number of carbonyl (C=O) groups excluding carboxylic acids is 1. The molecule has 6 nitrogen and oxygen atoms in total. The van der Waals surface area contributed by atoms with Crippen LogP contribution in [0, 0.1) is 5.82 Å². The molecule has 0 aliphatic carbocycles. The zero-order chi connectivity index (χ0) is 19.8. The molecule has 3 aromatic rings. The maximum atomic E-state index is 13.8. The van der Waals surface area contributed by atoms with E-state index in [9.17, 15) is 22.4 Å². The van der Waals surface area contributed by atoms with Crippen molar-refractivity contribution >= 4 is 23.3 Å². The monoisotopic (exact) mass is 401 g/mol. The number of rotatable bonds is 4. The highest BCUT2D eigenvalue weighted by atomic mass is 35.5. The number of aromatic nitrogens is 4. The fourth-order valence-corrected chi connectivity index (χ4v) is 2.61. The Morgan fingerprint density at radius 3 is 2.63 bits per heavy atom. The lowest BCUT2D eigenvalue weighted by molar-refractivity contribution is -0.143. The Morgan fingerprint density at radius 2 is 2.00 bits per heavy atom. The largest absolute Gasteiger partial charge is 0.433 e. The maximum absolute atomic E-state index is 13.8. The van der Waals surface area contributed by atoms with Crippen LogP contribution in [0.25, 0.3) is 0 Å². The molecule has 0 unspecified atom stereocenters. The Hall–Kier alpha value is -2.88. The summed E-state index contributed by atoms with van der Waals surface area (Å²) in [5.41, 5.74) is -1.23. The molecule has 1 aromatic carbocycles. The molecular weight excluding hydrogens is 390 g/mol. The van der Waals surface area contributed by atoms with E-state index in [0.29, 0.717) is 10.7 Å². The summed E-state index contributed by atoms with van der Waals surface area (Å²) < 4.78 is 54.1. The normalized spacial score (nSPS) is 11.6. The van der Waals surface area contributed by atoms with E-state index in [1.807, 2.05) is 0 Å². The Bertz CT molecular complexity index is 975. The minimum atomic E-state index is -4.62. The molecule has 0 spiro atoms. The number of amides is 1. The van der Waals surface area contributed by atoms with Gasteiger partial charge >= 0.3 is 6.18 Å². The number of anilines is 1. The van der Waals surface area contributed by atoms with Crippen LogP contribution in [0.4, 0.5) is 23.4 Å². The fraction of sp³-hybridized carbons (Fsp3) is 0.188. The number of hydrogen-bond acceptors (Lipinski definition) is 3. The van der Waals surface area contributed by atoms with Crippen LogP contribution >= 0.6 is 11.6 Å². The number of hydrogen-bond donors (Lipinski definition) is 1. The molecule has 11 heteroatoms. The Labute approximate surface area is 155 Å². The van der Waals surface area contributed by atoms with E-state index < -0.39 is 29.3 Å². The van der Waals surface area contributed by atoms with Gasteiger partial charge in [-0.1, -0.05) is 17.7 Å². The molecule has 2 heterocycles. The van der Waals surface area contributed by atoms with Gasteiger partial charge in [-0.25, -0.2) is 4.39 Å². The van der Waals surface area contributed by atoms with Gasteiger partial charge in [0.2, 0.25) is 0 Å². The zero-order valence-electron chi connectivity index (χ0n) is 13.8. The van der Waals surface area contributed by atoms with E-state index in [-0.39, 0.29) is 22.9 Å². The quantitative estimate of drug-likeness (QED) is 0.677. The van der Waals surface area contributed by atoms with Crippen LogP contribution in [0.15, 0.2) is 36.5 Å². The van der Waals surface area contributed by atoms with Crippen LogP contribution in [0.2, 0.25) is 5.02 Å². The van der Waals surface area contributed by atoms with Crippen LogP contribution in [-0.2, 0) is 19.8 Å². The second kappa shape index (κ2) is 7.03. The molecule has 0 aliphatic heterocycles. The van der Waals surface area contributed by atoms with Crippen molar-refractivity contribution in [1.82, 2.24) is 19.6 Å². The summed E-state index contributed by atoms with van der Waals surface area (Å²) in [7, 11) is 1.09. The average molecular weight is 402 g/mol. The van der Waals surface area contributed by atoms with Crippen molar-refractivity contribution in [2.24, 2.45) is 7.05 Å². The van der Waals surface area contributed by atoms with Crippen molar-refractivity contribution < 1.29 is 22.4 Å². The van der Waals surface area contributed by atoms with Gasteiger partial charge in [0.25, 0.3) is 5.91 Å². The summed E-state index contributed by atoms with van der Waals surface area (Å²) in [5.74, 6) is -1.28. The molecular formula is C16H12ClF4N5O. The third kappa shape index (κ3) is 4.11. The molecule has 0 atom stereocenters. The van der Waals surface area contributed by atoms with Crippen molar-refractivity contribution in [1.29, 1.82) is 0 Å². The third-order valence-corrected chi connectivity index (χ3v) is 4.02. The summed E-state index contributed by atoms with van der Waals surface area (Å²) in [6, 6.07) is 6.32. The summed E-state index contributed by atoms with van der Waals surface area (Å²) >= 11 is 5.95. The number of carbonyl (C=O) groups is 1. The van der Waals surface area contributed by atoms with E-state index in [1.54, 1.807) is 0 Å². The zero-order valence-corrected chi connectivity index (χ0v) is 14.5. The molecule has 142 valence electrons. The standard InChI is InChI=1S/C16H12ClF4N5O/c1-25-13(16(19,20)21)7-12(23-25)15(27)22-14-5-6-26(24-14)8-9-10(17)3-2-4-11(9)18/h2-7H,8H2,1H3,(H,22,24,27). The molecule has 0 aliphatic rings. The first-order valence-electron chi connectivity index (χ1n) is 7.54. The van der Waals surface area contributed by atoms with E-state index in [2.05, 4.69) is 15.5 Å². The van der Waals surface area contributed by atoms with E-state index in [1.165, 1.54) is 35.1 Å². The van der Waals surface area contributed by atoms with Gasteiger partial charge in [0.15, 0.2) is 11.5 Å². The lowest BCUT2D eigenvalue weighted by Crippen LogP contribution is -2.14. The second-order valence-electron chi connectivity index (χ2n) is 5.59. The maximum Gasteiger partial charge on any atom is 0.433 e. The topological polar surface area (TPSA) is 64.7 Å². The summed E-state index contributed by atoms with van der Waals surface area (Å²) in [5, 5.41) is 10.2. The van der Waals surface area contributed by atoms with Crippen LogP contribution in [0.5, 0.6) is 0 Å². The molecule has 0 fully saturated rings. The van der Waals surface area contributed by atoms with Gasteiger partial charge in [-0.05, 0) is 12.1 Å². The van der Waals surface area contributed by atoms with E-state index in [0.717, 1.165) is 7.05 Å².